The zero-order chi connectivity index (χ0) is 12.4. The van der Waals surface area contributed by atoms with E-state index in [9.17, 15) is 9.59 Å². The van der Waals surface area contributed by atoms with E-state index < -0.39 is 11.8 Å². The van der Waals surface area contributed by atoms with Gasteiger partial charge in [-0.25, -0.2) is 9.78 Å². The highest BCUT2D eigenvalue weighted by atomic mass is 16.5. The number of aromatic amines is 1. The van der Waals surface area contributed by atoms with Crippen LogP contribution in [-0.2, 0) is 9.53 Å². The van der Waals surface area contributed by atoms with Gasteiger partial charge in [-0.15, -0.1) is 0 Å². The quantitative estimate of drug-likeness (QED) is 0.485. The van der Waals surface area contributed by atoms with E-state index in [4.69, 9.17) is 4.74 Å². The second kappa shape index (κ2) is 4.25. The number of carbonyl (C=O) groups excluding carboxylic acids is 2. The van der Waals surface area contributed by atoms with E-state index in [-0.39, 0.29) is 5.69 Å². The lowest BCUT2D eigenvalue weighted by Gasteiger charge is -1.98. The lowest BCUT2D eigenvalue weighted by molar-refractivity contribution is -0.135. The summed E-state index contributed by atoms with van der Waals surface area (Å²) in [6, 6.07) is 3.18. The zero-order valence-electron chi connectivity index (χ0n) is 9.31. The Kier molecular flexibility index (Phi) is 2.78. The van der Waals surface area contributed by atoms with Crippen molar-refractivity contribution in [3.8, 4) is 5.75 Å². The van der Waals surface area contributed by atoms with Crippen molar-refractivity contribution in [3.05, 3.63) is 24.0 Å². The summed E-state index contributed by atoms with van der Waals surface area (Å²) < 4.78 is 9.48. The molecule has 2 heterocycles. The Morgan fingerprint density at radius 3 is 2.76 bits per heavy atom. The van der Waals surface area contributed by atoms with Gasteiger partial charge in [0, 0.05) is 6.20 Å². The number of nitrogens with one attached hydrogen (secondary N) is 1. The molecule has 2 rings (SSSR count). The van der Waals surface area contributed by atoms with Gasteiger partial charge in [0.05, 0.1) is 25.3 Å². The van der Waals surface area contributed by atoms with Crippen molar-refractivity contribution in [2.24, 2.45) is 0 Å². The number of ketones is 1. The Bertz CT molecular complexity index is 588. The minimum Gasteiger partial charge on any atom is -0.496 e. The largest absolute Gasteiger partial charge is 0.496 e. The summed E-state index contributed by atoms with van der Waals surface area (Å²) in [7, 11) is 2.67. The maximum Gasteiger partial charge on any atom is 0.380 e. The monoisotopic (exact) mass is 234 g/mol. The fourth-order valence-electron chi connectivity index (χ4n) is 1.51. The molecule has 0 bridgehead atoms. The lowest BCUT2D eigenvalue weighted by Crippen LogP contribution is -2.15. The smallest absolute Gasteiger partial charge is 0.380 e. The number of nitrogens with zero attached hydrogens (tertiary/aromatic N) is 1. The number of rotatable bonds is 3. The molecule has 0 atom stereocenters. The standard InChI is InChI=1S/C11H10N2O4/c1-16-8-3-4-12-10-6(8)5-7(13-10)9(14)11(15)17-2/h3-5H,1-2H3,(H,12,13). The molecule has 2 aromatic rings. The first-order valence-electron chi connectivity index (χ1n) is 4.81. The van der Waals surface area contributed by atoms with Gasteiger partial charge in [0.25, 0.3) is 5.78 Å². The van der Waals surface area contributed by atoms with E-state index in [0.717, 1.165) is 7.11 Å². The van der Waals surface area contributed by atoms with E-state index in [0.29, 0.717) is 16.8 Å². The number of methoxy groups -OCH3 is 2. The molecule has 6 nitrogen and oxygen atoms in total. The SMILES string of the molecule is COC(=O)C(=O)c1cc2c(OC)ccnc2[nH]1. The topological polar surface area (TPSA) is 81.3 Å². The molecular formula is C11H10N2O4. The summed E-state index contributed by atoms with van der Waals surface area (Å²) in [5.41, 5.74) is 0.612. The first kappa shape index (κ1) is 11.1. The van der Waals surface area contributed by atoms with Crippen molar-refractivity contribution in [2.45, 2.75) is 0 Å². The van der Waals surface area contributed by atoms with Crippen LogP contribution in [-0.4, -0.2) is 35.9 Å². The van der Waals surface area contributed by atoms with Gasteiger partial charge in [-0.1, -0.05) is 0 Å². The highest BCUT2D eigenvalue weighted by Crippen LogP contribution is 2.24. The number of Topliss-reactive ketones (excluding diaryl/α,β-unsaturated/α-hetero) is 1. The van der Waals surface area contributed by atoms with E-state index in [1.807, 2.05) is 0 Å². The van der Waals surface area contributed by atoms with E-state index in [1.165, 1.54) is 13.2 Å². The number of hydrogen-bond donors (Lipinski definition) is 1. The molecule has 0 aliphatic carbocycles. The highest BCUT2D eigenvalue weighted by molar-refractivity contribution is 6.40. The summed E-state index contributed by atoms with van der Waals surface area (Å²) in [5, 5.41) is 0.641. The average Bonchev–Trinajstić information content (AvgIpc) is 2.80. The minimum absolute atomic E-state index is 0.129. The van der Waals surface area contributed by atoms with Crippen molar-refractivity contribution in [1.82, 2.24) is 9.97 Å². The molecule has 0 amide bonds. The van der Waals surface area contributed by atoms with Gasteiger partial charge in [0.2, 0.25) is 0 Å². The number of pyridine rings is 1. The molecule has 0 saturated carbocycles. The molecule has 17 heavy (non-hydrogen) atoms. The van der Waals surface area contributed by atoms with Gasteiger partial charge in [0.15, 0.2) is 0 Å². The molecule has 2 aromatic heterocycles. The molecule has 0 aliphatic rings. The lowest BCUT2D eigenvalue weighted by atomic mass is 10.2. The average molecular weight is 234 g/mol. The third-order valence-corrected chi connectivity index (χ3v) is 2.33. The van der Waals surface area contributed by atoms with Crippen molar-refractivity contribution >= 4 is 22.8 Å². The Morgan fingerprint density at radius 1 is 1.35 bits per heavy atom. The van der Waals surface area contributed by atoms with Crippen molar-refractivity contribution < 1.29 is 19.1 Å². The number of fused-ring (bicyclic) bond motifs is 1. The number of aromatic nitrogens is 2. The summed E-state index contributed by atoms with van der Waals surface area (Å²) >= 11 is 0. The van der Waals surface area contributed by atoms with E-state index >= 15 is 0 Å². The maximum absolute atomic E-state index is 11.6. The summed E-state index contributed by atoms with van der Waals surface area (Å²) in [5.74, 6) is -1.08. The fourth-order valence-corrected chi connectivity index (χ4v) is 1.51. The Balaban J connectivity index is 2.51. The summed E-state index contributed by atoms with van der Waals surface area (Å²) in [6.45, 7) is 0. The van der Waals surface area contributed by atoms with Crippen LogP contribution in [0.15, 0.2) is 18.3 Å². The third-order valence-electron chi connectivity index (χ3n) is 2.33. The van der Waals surface area contributed by atoms with E-state index in [2.05, 4.69) is 14.7 Å². The second-order valence-corrected chi connectivity index (χ2v) is 3.28. The van der Waals surface area contributed by atoms with Crippen LogP contribution in [0.2, 0.25) is 0 Å². The van der Waals surface area contributed by atoms with Gasteiger partial charge in [-0.3, -0.25) is 4.79 Å². The molecule has 0 saturated heterocycles. The van der Waals surface area contributed by atoms with Crippen molar-refractivity contribution in [2.75, 3.05) is 14.2 Å². The molecule has 6 heteroatoms. The maximum atomic E-state index is 11.6. The van der Waals surface area contributed by atoms with Gasteiger partial charge in [-0.2, -0.15) is 0 Å². The van der Waals surface area contributed by atoms with Crippen LogP contribution < -0.4 is 4.74 Å². The van der Waals surface area contributed by atoms with Crippen LogP contribution in [0.1, 0.15) is 10.5 Å². The minimum atomic E-state index is -0.921. The molecule has 0 unspecified atom stereocenters. The molecule has 0 aromatic carbocycles. The first-order valence-corrected chi connectivity index (χ1v) is 4.81. The number of ether oxygens (including phenoxy) is 2. The third kappa shape index (κ3) is 1.84. The number of H-pyrrole nitrogens is 1. The Morgan fingerprint density at radius 2 is 2.12 bits per heavy atom. The van der Waals surface area contributed by atoms with Gasteiger partial charge in [0.1, 0.15) is 11.4 Å². The van der Waals surface area contributed by atoms with Crippen LogP contribution in [0.5, 0.6) is 5.75 Å². The second-order valence-electron chi connectivity index (χ2n) is 3.28. The molecular weight excluding hydrogens is 224 g/mol. The van der Waals surface area contributed by atoms with Gasteiger partial charge >= 0.3 is 5.97 Å². The number of carbonyl (C=O) groups is 2. The van der Waals surface area contributed by atoms with Crippen LogP contribution in [0.4, 0.5) is 0 Å². The normalized spacial score (nSPS) is 10.2. The Labute approximate surface area is 96.6 Å². The highest BCUT2D eigenvalue weighted by Gasteiger charge is 2.20. The zero-order valence-corrected chi connectivity index (χ0v) is 9.31. The van der Waals surface area contributed by atoms with Crippen LogP contribution in [0.25, 0.3) is 11.0 Å². The number of esters is 1. The van der Waals surface area contributed by atoms with Crippen LogP contribution >= 0.6 is 0 Å². The molecule has 0 fully saturated rings. The number of hydrogen-bond acceptors (Lipinski definition) is 5. The molecule has 88 valence electrons. The molecule has 1 N–H and O–H groups in total. The summed E-state index contributed by atoms with van der Waals surface area (Å²) in [6.07, 6.45) is 1.55. The van der Waals surface area contributed by atoms with Crippen molar-refractivity contribution in [3.63, 3.8) is 0 Å². The summed E-state index contributed by atoms with van der Waals surface area (Å²) in [4.78, 5) is 29.5. The van der Waals surface area contributed by atoms with Crippen LogP contribution in [0, 0.1) is 0 Å². The fraction of sp³-hybridized carbons (Fsp3) is 0.182. The van der Waals surface area contributed by atoms with Gasteiger partial charge < -0.3 is 14.5 Å². The molecule has 0 spiro atoms. The van der Waals surface area contributed by atoms with Gasteiger partial charge in [-0.05, 0) is 12.1 Å². The predicted molar refractivity (Wildman–Crippen MR) is 59.0 cm³/mol. The van der Waals surface area contributed by atoms with Crippen molar-refractivity contribution in [1.29, 1.82) is 0 Å². The molecule has 0 aliphatic heterocycles. The van der Waals surface area contributed by atoms with Crippen LogP contribution in [0.3, 0.4) is 0 Å². The van der Waals surface area contributed by atoms with E-state index in [1.54, 1.807) is 12.3 Å². The molecule has 0 radical (unpaired) electrons. The Hall–Kier alpha value is -2.37. The predicted octanol–water partition coefficient (Wildman–Crippen LogP) is 0.927. The first-order chi connectivity index (χ1) is 8.17.